The lowest BCUT2D eigenvalue weighted by Gasteiger charge is -2.31. The van der Waals surface area contributed by atoms with Crippen molar-refractivity contribution in [1.29, 1.82) is 0 Å². The zero-order valence-corrected chi connectivity index (χ0v) is 12.0. The minimum atomic E-state index is -4.95. The molecule has 1 aliphatic heterocycles. The Morgan fingerprint density at radius 3 is 2.75 bits per heavy atom. The fourth-order valence-corrected chi connectivity index (χ4v) is 2.24. The Labute approximate surface area is 132 Å². The van der Waals surface area contributed by atoms with Gasteiger partial charge >= 0.3 is 17.8 Å². The van der Waals surface area contributed by atoms with E-state index in [1.807, 2.05) is 0 Å². The number of aliphatic hydroxyl groups excluding tert-OH is 2. The molecule has 1 amide bonds. The fourth-order valence-electron chi connectivity index (χ4n) is 2.24. The normalized spacial score (nSPS) is 20.3. The molecule has 2 heterocycles. The van der Waals surface area contributed by atoms with Gasteiger partial charge in [-0.2, -0.15) is 17.7 Å². The van der Waals surface area contributed by atoms with Crippen LogP contribution in [0.4, 0.5) is 19.0 Å². The summed E-state index contributed by atoms with van der Waals surface area (Å²) in [5, 5.41) is 30.0. The Kier molecular flexibility index (Phi) is 5.05. The van der Waals surface area contributed by atoms with Gasteiger partial charge in [0.2, 0.25) is 6.29 Å². The van der Waals surface area contributed by atoms with Crippen molar-refractivity contribution in [3.63, 3.8) is 0 Å². The number of rotatable bonds is 5. The predicted molar refractivity (Wildman–Crippen MR) is 68.4 cm³/mol. The molecule has 2 rings (SSSR count). The Hall–Kier alpha value is -2.25. The lowest BCUT2D eigenvalue weighted by molar-refractivity contribution is -0.392. The Morgan fingerprint density at radius 2 is 2.17 bits per heavy atom. The average Bonchev–Trinajstić information content (AvgIpc) is 2.87. The van der Waals surface area contributed by atoms with E-state index in [4.69, 9.17) is 0 Å². The lowest BCUT2D eigenvalue weighted by Crippen LogP contribution is -2.50. The minimum Gasteiger partial charge on any atom is -0.387 e. The van der Waals surface area contributed by atoms with E-state index in [1.54, 1.807) is 0 Å². The molecule has 0 spiro atoms. The Balaban J connectivity index is 2.16. The highest BCUT2D eigenvalue weighted by Gasteiger charge is 2.43. The van der Waals surface area contributed by atoms with Gasteiger partial charge in [-0.3, -0.25) is 4.79 Å². The molecule has 10 nitrogen and oxygen atoms in total. The molecule has 0 aliphatic carbocycles. The SMILES string of the molecule is O=C1C(O)OCCN1CC(O)Cn1c([N+](=O)[O-])cnc1C(F)(F)F. The number of alkyl halides is 3. The predicted octanol–water partition coefficient (Wildman–Crippen LogP) is -0.652. The molecule has 1 aromatic rings. The number of aromatic nitrogens is 2. The summed E-state index contributed by atoms with van der Waals surface area (Å²) in [6.45, 7) is -1.22. The van der Waals surface area contributed by atoms with Crippen molar-refractivity contribution in [2.24, 2.45) is 0 Å². The summed E-state index contributed by atoms with van der Waals surface area (Å²) in [5.74, 6) is -3.31. The van der Waals surface area contributed by atoms with Crippen molar-refractivity contribution in [1.82, 2.24) is 14.5 Å². The number of ether oxygens (including phenoxy) is 1. The van der Waals surface area contributed by atoms with Crippen LogP contribution in [-0.2, 0) is 22.3 Å². The highest BCUT2D eigenvalue weighted by atomic mass is 19.4. The average molecular weight is 354 g/mol. The summed E-state index contributed by atoms with van der Waals surface area (Å²) in [7, 11) is 0. The van der Waals surface area contributed by atoms with Crippen molar-refractivity contribution < 1.29 is 37.8 Å². The van der Waals surface area contributed by atoms with E-state index >= 15 is 0 Å². The number of aliphatic hydroxyl groups is 2. The van der Waals surface area contributed by atoms with E-state index in [9.17, 15) is 38.3 Å². The maximum atomic E-state index is 12.8. The number of amides is 1. The summed E-state index contributed by atoms with van der Waals surface area (Å²) < 4.78 is 43.4. The molecule has 2 unspecified atom stereocenters. The molecule has 2 atom stereocenters. The van der Waals surface area contributed by atoms with Gasteiger partial charge in [0.15, 0.2) is 0 Å². The van der Waals surface area contributed by atoms with Crippen LogP contribution >= 0.6 is 0 Å². The van der Waals surface area contributed by atoms with E-state index in [2.05, 4.69) is 9.72 Å². The van der Waals surface area contributed by atoms with Crippen LogP contribution in [0, 0.1) is 10.1 Å². The highest BCUT2D eigenvalue weighted by molar-refractivity contribution is 5.79. The van der Waals surface area contributed by atoms with Gasteiger partial charge in [-0.05, 0) is 4.92 Å². The molecule has 1 saturated heterocycles. The molecule has 0 bridgehead atoms. The molecule has 0 saturated carbocycles. The first-order valence-corrected chi connectivity index (χ1v) is 6.65. The standard InChI is InChI=1S/C11H13F3N4O6/c12-11(13,14)10-15-3-7(18(22)23)17(10)5-6(19)4-16-1-2-24-9(21)8(16)20/h3,6,9,19,21H,1-2,4-5H2. The number of halogens is 3. The second kappa shape index (κ2) is 6.70. The number of hydrogen-bond acceptors (Lipinski definition) is 7. The number of nitro groups is 1. The second-order valence-corrected chi connectivity index (χ2v) is 4.97. The van der Waals surface area contributed by atoms with Gasteiger partial charge in [0.1, 0.15) is 18.8 Å². The molecule has 0 radical (unpaired) electrons. The monoisotopic (exact) mass is 354 g/mol. The number of carbonyl (C=O) groups is 1. The van der Waals surface area contributed by atoms with Gasteiger partial charge in [-0.25, -0.2) is 4.98 Å². The number of hydrogen-bond donors (Lipinski definition) is 2. The summed E-state index contributed by atoms with van der Waals surface area (Å²) in [6, 6.07) is 0. The molecule has 2 N–H and O–H groups in total. The third-order valence-electron chi connectivity index (χ3n) is 3.26. The first-order valence-electron chi connectivity index (χ1n) is 6.65. The molecule has 13 heteroatoms. The molecule has 24 heavy (non-hydrogen) atoms. The van der Waals surface area contributed by atoms with Crippen molar-refractivity contribution in [3.05, 3.63) is 22.1 Å². The third kappa shape index (κ3) is 3.80. The maximum absolute atomic E-state index is 12.8. The van der Waals surface area contributed by atoms with E-state index in [1.165, 1.54) is 0 Å². The summed E-state index contributed by atoms with van der Waals surface area (Å²) in [4.78, 5) is 25.3. The highest BCUT2D eigenvalue weighted by Crippen LogP contribution is 2.31. The van der Waals surface area contributed by atoms with Gasteiger partial charge in [0, 0.05) is 6.54 Å². The van der Waals surface area contributed by atoms with Gasteiger partial charge in [-0.15, -0.1) is 0 Å². The van der Waals surface area contributed by atoms with Gasteiger partial charge in [0.05, 0.1) is 13.2 Å². The summed E-state index contributed by atoms with van der Waals surface area (Å²) in [6.07, 6.45) is -7.76. The van der Waals surface area contributed by atoms with Crippen molar-refractivity contribution >= 4 is 11.7 Å². The first-order chi connectivity index (χ1) is 11.1. The van der Waals surface area contributed by atoms with Crippen LogP contribution in [0.5, 0.6) is 0 Å². The molecule has 1 fully saturated rings. The molecule has 0 aromatic carbocycles. The number of carbonyl (C=O) groups excluding carboxylic acids is 1. The molecular formula is C11H13F3N4O6. The smallest absolute Gasteiger partial charge is 0.387 e. The second-order valence-electron chi connectivity index (χ2n) is 4.97. The molecule has 1 aromatic heterocycles. The lowest BCUT2D eigenvalue weighted by atomic mass is 10.2. The number of morpholine rings is 1. The molecule has 1 aliphatic rings. The summed E-state index contributed by atoms with van der Waals surface area (Å²) >= 11 is 0. The number of nitrogens with zero attached hydrogens (tertiary/aromatic N) is 4. The number of β-amino-alcohol motifs (C(OH)–C–C–N with tert-alkyl or cyclic N) is 1. The van der Waals surface area contributed by atoms with Crippen LogP contribution in [0.25, 0.3) is 0 Å². The van der Waals surface area contributed by atoms with Crippen LogP contribution in [0.3, 0.4) is 0 Å². The first kappa shape index (κ1) is 18.1. The zero-order valence-electron chi connectivity index (χ0n) is 12.0. The van der Waals surface area contributed by atoms with Gasteiger partial charge in [-0.1, -0.05) is 0 Å². The number of imidazole rings is 1. The van der Waals surface area contributed by atoms with Crippen LogP contribution in [0.1, 0.15) is 5.82 Å². The van der Waals surface area contributed by atoms with E-state index in [0.29, 0.717) is 6.20 Å². The largest absolute Gasteiger partial charge is 0.473 e. The van der Waals surface area contributed by atoms with Crippen LogP contribution in [0.2, 0.25) is 0 Å². The van der Waals surface area contributed by atoms with E-state index in [0.717, 1.165) is 4.90 Å². The molecule has 134 valence electrons. The Morgan fingerprint density at radius 1 is 1.50 bits per heavy atom. The zero-order chi connectivity index (χ0) is 18.1. The van der Waals surface area contributed by atoms with Crippen LogP contribution < -0.4 is 0 Å². The van der Waals surface area contributed by atoms with Crippen molar-refractivity contribution in [2.45, 2.75) is 25.1 Å². The van der Waals surface area contributed by atoms with Gasteiger partial charge < -0.3 is 30.0 Å². The Bertz CT molecular complexity index is 634. The minimum absolute atomic E-state index is 0.0152. The quantitative estimate of drug-likeness (QED) is 0.530. The van der Waals surface area contributed by atoms with Gasteiger partial charge in [0.25, 0.3) is 5.91 Å². The van der Waals surface area contributed by atoms with E-state index < -0.39 is 54.1 Å². The maximum Gasteiger partial charge on any atom is 0.473 e. The van der Waals surface area contributed by atoms with Crippen molar-refractivity contribution in [2.75, 3.05) is 19.7 Å². The van der Waals surface area contributed by atoms with E-state index in [-0.39, 0.29) is 17.7 Å². The van der Waals surface area contributed by atoms with Crippen LogP contribution in [0.15, 0.2) is 6.20 Å². The third-order valence-corrected chi connectivity index (χ3v) is 3.26. The summed E-state index contributed by atoms with van der Waals surface area (Å²) in [5.41, 5.74) is 0. The topological polar surface area (TPSA) is 131 Å². The van der Waals surface area contributed by atoms with Crippen molar-refractivity contribution in [3.8, 4) is 0 Å². The van der Waals surface area contributed by atoms with Crippen LogP contribution in [-0.4, -0.2) is 67.6 Å². The fraction of sp³-hybridized carbons (Fsp3) is 0.636. The molecular weight excluding hydrogens is 341 g/mol.